The maximum absolute atomic E-state index is 12.7. The van der Waals surface area contributed by atoms with E-state index in [-0.39, 0.29) is 4.90 Å². The Kier molecular flexibility index (Phi) is 4.97. The van der Waals surface area contributed by atoms with Crippen molar-refractivity contribution in [2.45, 2.75) is 32.2 Å². The van der Waals surface area contributed by atoms with E-state index in [9.17, 15) is 8.42 Å². The van der Waals surface area contributed by atoms with Crippen LogP contribution in [-0.2, 0) is 16.6 Å². The molecule has 0 saturated heterocycles. The van der Waals surface area contributed by atoms with Gasteiger partial charge in [0.2, 0.25) is 10.0 Å². The zero-order valence-electron chi connectivity index (χ0n) is 15.3. The third-order valence-corrected chi connectivity index (χ3v) is 6.54. The van der Waals surface area contributed by atoms with Crippen LogP contribution in [-0.4, -0.2) is 41.3 Å². The second-order valence-electron chi connectivity index (χ2n) is 6.13. The van der Waals surface area contributed by atoms with Crippen LogP contribution in [0.25, 0.3) is 11.3 Å². The molecule has 2 heterocycles. The van der Waals surface area contributed by atoms with Crippen molar-refractivity contribution < 1.29 is 12.9 Å². The van der Waals surface area contributed by atoms with Crippen molar-refractivity contribution in [3.05, 3.63) is 53.5 Å². The molecule has 3 rings (SSSR count). The van der Waals surface area contributed by atoms with Gasteiger partial charge in [-0.05, 0) is 13.8 Å². The number of sulfonamides is 1. The molecule has 0 radical (unpaired) electrons. The highest BCUT2D eigenvalue weighted by Crippen LogP contribution is 2.24. The molecule has 0 atom stereocenters. The van der Waals surface area contributed by atoms with Gasteiger partial charge in [0.15, 0.2) is 5.76 Å². The number of benzene rings is 1. The van der Waals surface area contributed by atoms with E-state index in [0.29, 0.717) is 35.9 Å². The molecule has 3 aromatic rings. The molecule has 0 aliphatic rings. The lowest BCUT2D eigenvalue weighted by atomic mass is 10.2. The topological polar surface area (TPSA) is 81.2 Å². The summed E-state index contributed by atoms with van der Waals surface area (Å²) in [6.45, 7) is 6.00. The number of nitrogens with zero attached hydrogens (tertiary/aromatic N) is 4. The van der Waals surface area contributed by atoms with E-state index in [4.69, 9.17) is 4.52 Å². The minimum absolute atomic E-state index is 0.258. The Hall–Kier alpha value is -2.45. The van der Waals surface area contributed by atoms with E-state index in [1.165, 1.54) is 4.31 Å². The van der Waals surface area contributed by atoms with Crippen LogP contribution < -0.4 is 0 Å². The van der Waals surface area contributed by atoms with Gasteiger partial charge in [-0.3, -0.25) is 4.68 Å². The predicted octanol–water partition coefficient (Wildman–Crippen LogP) is 2.84. The summed E-state index contributed by atoms with van der Waals surface area (Å²) in [5, 5.41) is 8.49. The van der Waals surface area contributed by atoms with E-state index < -0.39 is 10.0 Å². The van der Waals surface area contributed by atoms with Gasteiger partial charge in [0.25, 0.3) is 0 Å². The van der Waals surface area contributed by atoms with Crippen molar-refractivity contribution in [1.82, 2.24) is 19.2 Å². The van der Waals surface area contributed by atoms with Gasteiger partial charge in [-0.25, -0.2) is 12.7 Å². The van der Waals surface area contributed by atoms with Crippen molar-refractivity contribution in [3.8, 4) is 11.3 Å². The average Bonchev–Trinajstić information content (AvgIpc) is 3.20. The van der Waals surface area contributed by atoms with Crippen molar-refractivity contribution in [3.63, 3.8) is 0 Å². The van der Waals surface area contributed by atoms with Crippen LogP contribution in [0.4, 0.5) is 0 Å². The number of aryl methyl sites for hydroxylation is 1. The summed E-state index contributed by atoms with van der Waals surface area (Å²) in [4.78, 5) is 0.258. The van der Waals surface area contributed by atoms with Crippen molar-refractivity contribution in [2.24, 2.45) is 0 Å². The third-order valence-electron chi connectivity index (χ3n) is 4.36. The molecule has 0 aliphatic heterocycles. The number of rotatable bonds is 6. The molecule has 138 valence electrons. The first kappa shape index (κ1) is 18.3. The van der Waals surface area contributed by atoms with Crippen LogP contribution in [0.5, 0.6) is 0 Å². The molecule has 0 N–H and O–H groups in total. The molecule has 7 nitrogen and oxygen atoms in total. The normalized spacial score (nSPS) is 12.0. The largest absolute Gasteiger partial charge is 0.356 e. The smallest absolute Gasteiger partial charge is 0.246 e. The minimum Gasteiger partial charge on any atom is -0.356 e. The predicted molar refractivity (Wildman–Crippen MR) is 98.2 cm³/mol. The first-order valence-corrected chi connectivity index (χ1v) is 9.80. The van der Waals surface area contributed by atoms with E-state index in [2.05, 4.69) is 10.3 Å². The summed E-state index contributed by atoms with van der Waals surface area (Å²) in [6, 6.07) is 11.5. The van der Waals surface area contributed by atoms with Crippen LogP contribution in [0.15, 0.2) is 45.8 Å². The Balaban J connectivity index is 1.91. The zero-order valence-corrected chi connectivity index (χ0v) is 16.1. The Morgan fingerprint density at radius 2 is 1.88 bits per heavy atom. The summed E-state index contributed by atoms with van der Waals surface area (Å²) in [5.74, 6) is 0.667. The van der Waals surface area contributed by atoms with Crippen LogP contribution >= 0.6 is 0 Å². The fourth-order valence-corrected chi connectivity index (χ4v) is 4.36. The highest BCUT2D eigenvalue weighted by atomic mass is 32.2. The SMILES string of the molecule is CCN(C)S(=O)(=O)c1c(C)nn(Cc2cc(-c3ccccc3)on2)c1C. The summed E-state index contributed by atoms with van der Waals surface area (Å²) in [5.41, 5.74) is 2.69. The number of hydrogen-bond donors (Lipinski definition) is 0. The maximum atomic E-state index is 12.7. The molecule has 0 unspecified atom stereocenters. The van der Waals surface area contributed by atoms with E-state index in [1.54, 1.807) is 32.5 Å². The van der Waals surface area contributed by atoms with Gasteiger partial charge in [0.1, 0.15) is 10.6 Å². The Bertz CT molecular complexity index is 1010. The number of hydrogen-bond acceptors (Lipinski definition) is 5. The Labute approximate surface area is 153 Å². The Morgan fingerprint density at radius 1 is 1.19 bits per heavy atom. The molecule has 2 aromatic heterocycles. The van der Waals surface area contributed by atoms with Crippen LogP contribution in [0.2, 0.25) is 0 Å². The van der Waals surface area contributed by atoms with E-state index >= 15 is 0 Å². The monoisotopic (exact) mass is 374 g/mol. The molecular formula is C18H22N4O3S. The Morgan fingerprint density at radius 3 is 2.54 bits per heavy atom. The number of aromatic nitrogens is 3. The second kappa shape index (κ2) is 7.05. The van der Waals surface area contributed by atoms with Crippen molar-refractivity contribution in [1.29, 1.82) is 0 Å². The quantitative estimate of drug-likeness (QED) is 0.663. The molecular weight excluding hydrogens is 352 g/mol. The fraction of sp³-hybridized carbons (Fsp3) is 0.333. The van der Waals surface area contributed by atoms with Gasteiger partial charge < -0.3 is 4.52 Å². The van der Waals surface area contributed by atoms with E-state index in [0.717, 1.165) is 5.56 Å². The first-order chi connectivity index (χ1) is 12.3. The summed E-state index contributed by atoms with van der Waals surface area (Å²) in [6.07, 6.45) is 0. The lowest BCUT2D eigenvalue weighted by molar-refractivity contribution is 0.419. The van der Waals surface area contributed by atoms with Gasteiger partial charge in [0, 0.05) is 25.2 Å². The molecule has 26 heavy (non-hydrogen) atoms. The fourth-order valence-electron chi connectivity index (χ4n) is 2.81. The summed E-state index contributed by atoms with van der Waals surface area (Å²) in [7, 11) is -1.99. The summed E-state index contributed by atoms with van der Waals surface area (Å²) < 4.78 is 33.8. The average molecular weight is 374 g/mol. The van der Waals surface area contributed by atoms with Gasteiger partial charge in [-0.1, -0.05) is 42.4 Å². The van der Waals surface area contributed by atoms with Gasteiger partial charge in [-0.2, -0.15) is 5.10 Å². The van der Waals surface area contributed by atoms with Crippen LogP contribution in [0.1, 0.15) is 24.0 Å². The molecule has 1 aromatic carbocycles. The van der Waals surface area contributed by atoms with Gasteiger partial charge >= 0.3 is 0 Å². The van der Waals surface area contributed by atoms with Crippen molar-refractivity contribution >= 4 is 10.0 Å². The van der Waals surface area contributed by atoms with Gasteiger partial charge in [0.05, 0.1) is 17.9 Å². The minimum atomic E-state index is -3.55. The van der Waals surface area contributed by atoms with Crippen LogP contribution in [0, 0.1) is 13.8 Å². The highest BCUT2D eigenvalue weighted by molar-refractivity contribution is 7.89. The first-order valence-electron chi connectivity index (χ1n) is 8.36. The zero-order chi connectivity index (χ0) is 18.9. The standard InChI is InChI=1S/C18H22N4O3S/c1-5-21(4)26(23,24)18-13(2)19-22(14(18)3)12-16-11-17(25-20-16)15-9-7-6-8-10-15/h6-11H,5,12H2,1-4H3. The molecule has 0 amide bonds. The lowest BCUT2D eigenvalue weighted by Crippen LogP contribution is -2.27. The molecule has 0 spiro atoms. The molecule has 0 bridgehead atoms. The molecule has 0 saturated carbocycles. The van der Waals surface area contributed by atoms with Crippen molar-refractivity contribution in [2.75, 3.05) is 13.6 Å². The molecule has 8 heteroatoms. The second-order valence-corrected chi connectivity index (χ2v) is 8.11. The summed E-state index contributed by atoms with van der Waals surface area (Å²) >= 11 is 0. The maximum Gasteiger partial charge on any atom is 0.246 e. The third kappa shape index (κ3) is 3.30. The molecule has 0 fully saturated rings. The highest BCUT2D eigenvalue weighted by Gasteiger charge is 2.28. The van der Waals surface area contributed by atoms with Crippen LogP contribution in [0.3, 0.4) is 0 Å². The lowest BCUT2D eigenvalue weighted by Gasteiger charge is -2.15. The molecule has 0 aliphatic carbocycles. The van der Waals surface area contributed by atoms with Gasteiger partial charge in [-0.15, -0.1) is 0 Å². The van der Waals surface area contributed by atoms with E-state index in [1.807, 2.05) is 36.4 Å².